The maximum atomic E-state index is 11.2. The molecule has 0 amide bonds. The second kappa shape index (κ2) is 3.67. The van der Waals surface area contributed by atoms with Gasteiger partial charge in [0, 0.05) is 0 Å². The normalized spacial score (nSPS) is 21.1. The maximum Gasteiger partial charge on any atom is 0.324 e. The van der Waals surface area contributed by atoms with Crippen molar-refractivity contribution in [1.29, 1.82) is 10.5 Å². The summed E-state index contributed by atoms with van der Waals surface area (Å²) in [5, 5.41) is 17.8. The van der Waals surface area contributed by atoms with E-state index in [1.807, 2.05) is 19.1 Å². The molecule has 0 bridgehead atoms. The van der Waals surface area contributed by atoms with Crippen LogP contribution in [0.5, 0.6) is 0 Å². The van der Waals surface area contributed by atoms with Crippen LogP contribution in [0.3, 0.4) is 0 Å². The third-order valence-electron chi connectivity index (χ3n) is 2.86. The number of esters is 1. The fourth-order valence-corrected chi connectivity index (χ4v) is 1.53. The van der Waals surface area contributed by atoms with E-state index >= 15 is 0 Å². The van der Waals surface area contributed by atoms with Crippen LogP contribution in [0.2, 0.25) is 0 Å². The molecule has 0 N–H and O–H groups in total. The minimum absolute atomic E-state index is 0.163. The van der Waals surface area contributed by atoms with E-state index in [1.165, 1.54) is 7.11 Å². The lowest BCUT2D eigenvalue weighted by molar-refractivity contribution is -0.145. The second-order valence-electron chi connectivity index (χ2n) is 3.89. The highest BCUT2D eigenvalue weighted by Crippen LogP contribution is 2.53. The molecule has 0 spiro atoms. The first-order chi connectivity index (χ1) is 6.59. The monoisotopic (exact) mass is 192 g/mol. The SMILES string of the molecule is COC(=O)C(C#N)C(C#N)C1(C)CC1. The topological polar surface area (TPSA) is 73.9 Å². The van der Waals surface area contributed by atoms with E-state index in [0.29, 0.717) is 0 Å². The van der Waals surface area contributed by atoms with Crippen LogP contribution in [0.15, 0.2) is 0 Å². The van der Waals surface area contributed by atoms with Crippen LogP contribution in [0.25, 0.3) is 0 Å². The molecule has 0 heterocycles. The van der Waals surface area contributed by atoms with Crippen molar-refractivity contribution in [3.8, 4) is 12.1 Å². The predicted molar refractivity (Wildman–Crippen MR) is 47.6 cm³/mol. The summed E-state index contributed by atoms with van der Waals surface area (Å²) < 4.78 is 4.50. The number of carbonyl (C=O) groups excluding carboxylic acids is 1. The summed E-state index contributed by atoms with van der Waals surface area (Å²) in [6.45, 7) is 1.92. The molecule has 1 aliphatic carbocycles. The second-order valence-corrected chi connectivity index (χ2v) is 3.89. The molecule has 2 atom stereocenters. The van der Waals surface area contributed by atoms with Crippen LogP contribution in [0.1, 0.15) is 19.8 Å². The first kappa shape index (κ1) is 10.5. The van der Waals surface area contributed by atoms with Gasteiger partial charge < -0.3 is 4.74 Å². The van der Waals surface area contributed by atoms with Gasteiger partial charge in [-0.15, -0.1) is 0 Å². The number of rotatable bonds is 3. The molecular weight excluding hydrogens is 180 g/mol. The Kier molecular flexibility index (Phi) is 2.76. The van der Waals surface area contributed by atoms with E-state index in [0.717, 1.165) is 12.8 Å². The maximum absolute atomic E-state index is 11.2. The van der Waals surface area contributed by atoms with Crippen molar-refractivity contribution >= 4 is 5.97 Å². The van der Waals surface area contributed by atoms with Gasteiger partial charge in [-0.1, -0.05) is 6.92 Å². The largest absolute Gasteiger partial charge is 0.468 e. The van der Waals surface area contributed by atoms with Gasteiger partial charge in [-0.2, -0.15) is 10.5 Å². The van der Waals surface area contributed by atoms with Crippen molar-refractivity contribution in [1.82, 2.24) is 0 Å². The zero-order valence-corrected chi connectivity index (χ0v) is 8.28. The third-order valence-corrected chi connectivity index (χ3v) is 2.86. The third kappa shape index (κ3) is 1.70. The number of carbonyl (C=O) groups is 1. The van der Waals surface area contributed by atoms with Gasteiger partial charge in [-0.25, -0.2) is 0 Å². The van der Waals surface area contributed by atoms with Crippen LogP contribution < -0.4 is 0 Å². The van der Waals surface area contributed by atoms with Crippen LogP contribution in [-0.4, -0.2) is 13.1 Å². The van der Waals surface area contributed by atoms with Gasteiger partial charge in [-0.3, -0.25) is 4.79 Å². The Hall–Kier alpha value is -1.55. The van der Waals surface area contributed by atoms with E-state index in [1.54, 1.807) is 0 Å². The van der Waals surface area contributed by atoms with Crippen molar-refractivity contribution in [2.75, 3.05) is 7.11 Å². The van der Waals surface area contributed by atoms with Gasteiger partial charge in [-0.05, 0) is 18.3 Å². The average Bonchev–Trinajstić information content (AvgIpc) is 2.92. The molecule has 0 aromatic heterocycles. The Morgan fingerprint density at radius 3 is 2.29 bits per heavy atom. The molecule has 1 saturated carbocycles. The fraction of sp³-hybridized carbons (Fsp3) is 0.700. The highest BCUT2D eigenvalue weighted by atomic mass is 16.5. The quantitative estimate of drug-likeness (QED) is 0.630. The lowest BCUT2D eigenvalue weighted by Gasteiger charge is -2.18. The number of ether oxygens (including phenoxy) is 1. The molecule has 4 heteroatoms. The molecule has 2 unspecified atom stereocenters. The van der Waals surface area contributed by atoms with Crippen molar-refractivity contribution < 1.29 is 9.53 Å². The highest BCUT2D eigenvalue weighted by molar-refractivity contribution is 5.76. The van der Waals surface area contributed by atoms with E-state index in [-0.39, 0.29) is 5.41 Å². The van der Waals surface area contributed by atoms with Crippen molar-refractivity contribution in [2.45, 2.75) is 19.8 Å². The summed E-state index contributed by atoms with van der Waals surface area (Å²) in [5.74, 6) is -2.09. The summed E-state index contributed by atoms with van der Waals surface area (Å²) in [7, 11) is 1.23. The molecule has 0 saturated heterocycles. The molecule has 1 aliphatic rings. The van der Waals surface area contributed by atoms with E-state index < -0.39 is 17.8 Å². The van der Waals surface area contributed by atoms with Gasteiger partial charge in [0.15, 0.2) is 5.92 Å². The van der Waals surface area contributed by atoms with Gasteiger partial charge in [0.05, 0.1) is 25.2 Å². The molecular formula is C10H12N2O2. The highest BCUT2D eigenvalue weighted by Gasteiger charge is 2.51. The Bertz CT molecular complexity index is 320. The van der Waals surface area contributed by atoms with E-state index in [4.69, 9.17) is 10.5 Å². The first-order valence-corrected chi connectivity index (χ1v) is 4.46. The summed E-state index contributed by atoms with van der Waals surface area (Å²) >= 11 is 0. The van der Waals surface area contributed by atoms with Crippen molar-refractivity contribution in [3.63, 3.8) is 0 Å². The molecule has 1 rings (SSSR count). The minimum Gasteiger partial charge on any atom is -0.468 e. The van der Waals surface area contributed by atoms with Crippen molar-refractivity contribution in [3.05, 3.63) is 0 Å². The van der Waals surface area contributed by atoms with Crippen LogP contribution >= 0.6 is 0 Å². The number of hydrogen-bond acceptors (Lipinski definition) is 4. The summed E-state index contributed by atoms with van der Waals surface area (Å²) in [4.78, 5) is 11.2. The number of nitriles is 2. The lowest BCUT2D eigenvalue weighted by Crippen LogP contribution is -2.28. The Morgan fingerprint density at radius 2 is 2.00 bits per heavy atom. The van der Waals surface area contributed by atoms with Crippen LogP contribution in [-0.2, 0) is 9.53 Å². The van der Waals surface area contributed by atoms with Crippen LogP contribution in [0.4, 0.5) is 0 Å². The Balaban J connectivity index is 2.83. The van der Waals surface area contributed by atoms with E-state index in [9.17, 15) is 4.79 Å². The summed E-state index contributed by atoms with van der Waals surface area (Å²) in [6.07, 6.45) is 1.81. The number of methoxy groups -OCH3 is 1. The Morgan fingerprint density at radius 1 is 1.43 bits per heavy atom. The number of hydrogen-bond donors (Lipinski definition) is 0. The molecule has 0 aromatic carbocycles. The average molecular weight is 192 g/mol. The predicted octanol–water partition coefficient (Wildman–Crippen LogP) is 1.24. The molecule has 14 heavy (non-hydrogen) atoms. The minimum atomic E-state index is -0.947. The molecule has 0 radical (unpaired) electrons. The van der Waals surface area contributed by atoms with Crippen LogP contribution in [0, 0.1) is 39.9 Å². The van der Waals surface area contributed by atoms with Gasteiger partial charge in [0.1, 0.15) is 0 Å². The lowest BCUT2D eigenvalue weighted by atomic mass is 9.82. The van der Waals surface area contributed by atoms with Gasteiger partial charge in [0.2, 0.25) is 0 Å². The van der Waals surface area contributed by atoms with Gasteiger partial charge in [0.25, 0.3) is 0 Å². The molecule has 1 fully saturated rings. The molecule has 0 aromatic rings. The molecule has 74 valence electrons. The van der Waals surface area contributed by atoms with E-state index in [2.05, 4.69) is 4.74 Å². The fourth-order valence-electron chi connectivity index (χ4n) is 1.53. The first-order valence-electron chi connectivity index (χ1n) is 4.46. The molecule has 0 aliphatic heterocycles. The van der Waals surface area contributed by atoms with Gasteiger partial charge >= 0.3 is 5.97 Å². The smallest absolute Gasteiger partial charge is 0.324 e. The Labute approximate surface area is 83.1 Å². The zero-order chi connectivity index (χ0) is 10.8. The van der Waals surface area contributed by atoms with Crippen molar-refractivity contribution in [2.24, 2.45) is 17.3 Å². The summed E-state index contributed by atoms with van der Waals surface area (Å²) in [6, 6.07) is 3.90. The molecule has 4 nitrogen and oxygen atoms in total. The standard InChI is InChI=1S/C10H12N2O2/c1-10(3-4-10)8(6-12)7(5-11)9(13)14-2/h7-8H,3-4H2,1-2H3. The zero-order valence-electron chi connectivity index (χ0n) is 8.28. The number of nitrogens with zero attached hydrogens (tertiary/aromatic N) is 2. The summed E-state index contributed by atoms with van der Waals surface area (Å²) in [5.41, 5.74) is -0.163.